The average Bonchev–Trinajstić information content (AvgIpc) is 3.42. The van der Waals surface area contributed by atoms with Crippen molar-refractivity contribution >= 4 is 29.0 Å². The highest BCUT2D eigenvalue weighted by atomic mass is 32.2. The number of halogens is 1. The Morgan fingerprint density at radius 2 is 1.87 bits per heavy atom. The predicted molar refractivity (Wildman–Crippen MR) is 108 cm³/mol. The quantitative estimate of drug-likeness (QED) is 0.419. The van der Waals surface area contributed by atoms with Gasteiger partial charge in [0.2, 0.25) is 10.2 Å². The number of aromatic hydroxyl groups is 1. The van der Waals surface area contributed by atoms with Crippen molar-refractivity contribution in [2.24, 2.45) is 0 Å². The average molecular weight is 443 g/mol. The Morgan fingerprint density at radius 1 is 1.10 bits per heavy atom. The first-order valence-electron chi connectivity index (χ1n) is 8.64. The Labute approximate surface area is 178 Å². The van der Waals surface area contributed by atoms with E-state index >= 15 is 0 Å². The lowest BCUT2D eigenvalue weighted by Crippen LogP contribution is -2.22. The summed E-state index contributed by atoms with van der Waals surface area (Å²) in [6.45, 7) is 0.268. The number of carbonyl (C=O) groups excluding carboxylic acids is 1. The number of rotatable bonds is 7. The molecule has 0 saturated heterocycles. The van der Waals surface area contributed by atoms with Gasteiger partial charge in [0.1, 0.15) is 16.6 Å². The molecular weight excluding hydrogens is 429 g/mol. The Kier molecular flexibility index (Phi) is 5.95. The summed E-state index contributed by atoms with van der Waals surface area (Å²) >= 11 is 2.53. The molecule has 12 heteroatoms. The molecule has 2 aromatic heterocycles. The van der Waals surface area contributed by atoms with Crippen LogP contribution in [0.2, 0.25) is 0 Å². The molecule has 4 aromatic rings. The standard InChI is InChI=1S/C18H14FN7O2S2/c19-12-3-1-11(2-4-12)9-20-16(28)17-22-21-15(30-17)10-29-18-23-24-25-26(18)13-5-7-14(27)8-6-13/h1-8,27H,9-10H2,(H,20,28). The fraction of sp³-hybridized carbons (Fsp3) is 0.111. The van der Waals surface area contributed by atoms with E-state index in [4.69, 9.17) is 0 Å². The summed E-state index contributed by atoms with van der Waals surface area (Å²) in [6.07, 6.45) is 0. The fourth-order valence-electron chi connectivity index (χ4n) is 2.41. The number of phenols is 1. The van der Waals surface area contributed by atoms with Gasteiger partial charge in [-0.3, -0.25) is 4.79 Å². The molecule has 0 radical (unpaired) electrons. The summed E-state index contributed by atoms with van der Waals surface area (Å²) in [5, 5.41) is 33.2. The second kappa shape index (κ2) is 8.97. The number of nitrogens with zero attached hydrogens (tertiary/aromatic N) is 6. The van der Waals surface area contributed by atoms with E-state index < -0.39 is 0 Å². The van der Waals surface area contributed by atoms with Crippen LogP contribution in [-0.2, 0) is 12.3 Å². The van der Waals surface area contributed by atoms with Crippen molar-refractivity contribution in [3.63, 3.8) is 0 Å². The van der Waals surface area contributed by atoms with Crippen LogP contribution in [0.5, 0.6) is 5.75 Å². The van der Waals surface area contributed by atoms with Gasteiger partial charge in [0, 0.05) is 6.54 Å². The van der Waals surface area contributed by atoms with E-state index in [2.05, 4.69) is 31.0 Å². The fourth-order valence-corrected chi connectivity index (χ4v) is 4.05. The lowest BCUT2D eigenvalue weighted by atomic mass is 10.2. The maximum Gasteiger partial charge on any atom is 0.282 e. The number of amides is 1. The SMILES string of the molecule is O=C(NCc1ccc(F)cc1)c1nnc(CSc2nnnn2-c2ccc(O)cc2)s1. The van der Waals surface area contributed by atoms with Gasteiger partial charge in [0.25, 0.3) is 5.91 Å². The zero-order valence-electron chi connectivity index (χ0n) is 15.3. The third-order valence-corrected chi connectivity index (χ3v) is 5.92. The number of thioether (sulfide) groups is 1. The van der Waals surface area contributed by atoms with Crippen molar-refractivity contribution in [3.05, 3.63) is 69.9 Å². The summed E-state index contributed by atoms with van der Waals surface area (Å²) in [5.74, 6) is -0.0867. The molecule has 0 aliphatic rings. The van der Waals surface area contributed by atoms with Crippen LogP contribution in [-0.4, -0.2) is 41.4 Å². The molecule has 0 aliphatic heterocycles. The van der Waals surface area contributed by atoms with Gasteiger partial charge in [-0.05, 0) is 52.4 Å². The number of aromatic nitrogens is 6. The Morgan fingerprint density at radius 3 is 2.63 bits per heavy atom. The number of carbonyl (C=O) groups is 1. The van der Waals surface area contributed by atoms with E-state index in [1.807, 2.05) is 0 Å². The number of phenolic OH excluding ortho intramolecular Hbond substituents is 1. The van der Waals surface area contributed by atoms with E-state index in [-0.39, 0.29) is 29.0 Å². The highest BCUT2D eigenvalue weighted by Gasteiger charge is 2.15. The van der Waals surface area contributed by atoms with E-state index in [0.29, 0.717) is 21.6 Å². The third kappa shape index (κ3) is 4.78. The molecule has 0 saturated carbocycles. The molecule has 1 amide bonds. The highest BCUT2D eigenvalue weighted by Crippen LogP contribution is 2.24. The topological polar surface area (TPSA) is 119 Å². The van der Waals surface area contributed by atoms with Crippen LogP contribution in [0.25, 0.3) is 5.69 Å². The lowest BCUT2D eigenvalue weighted by Gasteiger charge is -2.03. The van der Waals surface area contributed by atoms with Crippen molar-refractivity contribution in [1.29, 1.82) is 0 Å². The Balaban J connectivity index is 1.35. The van der Waals surface area contributed by atoms with Crippen LogP contribution >= 0.6 is 23.1 Å². The van der Waals surface area contributed by atoms with E-state index in [9.17, 15) is 14.3 Å². The van der Waals surface area contributed by atoms with Crippen LogP contribution in [0.15, 0.2) is 53.7 Å². The first-order chi connectivity index (χ1) is 14.6. The smallest absolute Gasteiger partial charge is 0.282 e. The van der Waals surface area contributed by atoms with Gasteiger partial charge in [-0.15, -0.1) is 15.3 Å². The number of hydrogen-bond acceptors (Lipinski definition) is 9. The summed E-state index contributed by atoms with van der Waals surface area (Å²) in [7, 11) is 0. The molecular formula is C18H14FN7O2S2. The second-order valence-corrected chi connectivity index (χ2v) is 7.99. The third-order valence-electron chi connectivity index (χ3n) is 3.89. The summed E-state index contributed by atoms with van der Waals surface area (Å²) < 4.78 is 14.5. The van der Waals surface area contributed by atoms with Crippen LogP contribution in [0.3, 0.4) is 0 Å². The molecule has 2 heterocycles. The van der Waals surface area contributed by atoms with Gasteiger partial charge >= 0.3 is 0 Å². The van der Waals surface area contributed by atoms with Crippen LogP contribution < -0.4 is 5.32 Å². The first-order valence-corrected chi connectivity index (χ1v) is 10.4. The molecule has 9 nitrogen and oxygen atoms in total. The Hall–Kier alpha value is -3.38. The molecule has 0 aliphatic carbocycles. The maximum atomic E-state index is 12.9. The summed E-state index contributed by atoms with van der Waals surface area (Å²) in [6, 6.07) is 12.4. The van der Waals surface area contributed by atoms with Gasteiger partial charge in [-0.25, -0.2) is 4.39 Å². The van der Waals surface area contributed by atoms with Crippen LogP contribution in [0.4, 0.5) is 4.39 Å². The molecule has 0 fully saturated rings. The van der Waals surface area contributed by atoms with Gasteiger partial charge in [-0.1, -0.05) is 35.2 Å². The molecule has 4 rings (SSSR count). The van der Waals surface area contributed by atoms with Gasteiger partial charge in [0.05, 0.1) is 11.4 Å². The molecule has 0 bridgehead atoms. The van der Waals surface area contributed by atoms with E-state index in [1.54, 1.807) is 41.1 Å². The number of hydrogen-bond donors (Lipinski definition) is 2. The zero-order chi connectivity index (χ0) is 20.9. The van der Waals surface area contributed by atoms with Gasteiger partial charge < -0.3 is 10.4 Å². The molecule has 2 aromatic carbocycles. The molecule has 0 spiro atoms. The molecule has 0 atom stereocenters. The van der Waals surface area contributed by atoms with Gasteiger partial charge in [0.15, 0.2) is 0 Å². The minimum Gasteiger partial charge on any atom is -0.508 e. The monoisotopic (exact) mass is 443 g/mol. The molecule has 2 N–H and O–H groups in total. The molecule has 0 unspecified atom stereocenters. The minimum atomic E-state index is -0.345. The van der Waals surface area contributed by atoms with Crippen molar-refractivity contribution in [2.45, 2.75) is 17.5 Å². The molecule has 30 heavy (non-hydrogen) atoms. The number of tetrazole rings is 1. The predicted octanol–water partition coefficient (Wildman–Crippen LogP) is 2.58. The van der Waals surface area contributed by atoms with Crippen LogP contribution in [0.1, 0.15) is 20.4 Å². The number of nitrogens with one attached hydrogen (secondary N) is 1. The maximum absolute atomic E-state index is 12.9. The van der Waals surface area contributed by atoms with Crippen molar-refractivity contribution in [1.82, 2.24) is 35.7 Å². The van der Waals surface area contributed by atoms with Crippen molar-refractivity contribution < 1.29 is 14.3 Å². The lowest BCUT2D eigenvalue weighted by molar-refractivity contribution is 0.0950. The first kappa shape index (κ1) is 19.9. The number of benzene rings is 2. The van der Waals surface area contributed by atoms with Gasteiger partial charge in [-0.2, -0.15) is 4.68 Å². The highest BCUT2D eigenvalue weighted by molar-refractivity contribution is 7.98. The van der Waals surface area contributed by atoms with Crippen LogP contribution in [0, 0.1) is 5.82 Å². The second-order valence-electron chi connectivity index (χ2n) is 5.99. The van der Waals surface area contributed by atoms with E-state index in [1.165, 1.54) is 35.2 Å². The largest absolute Gasteiger partial charge is 0.508 e. The Bertz CT molecular complexity index is 1150. The molecule has 152 valence electrons. The summed E-state index contributed by atoms with van der Waals surface area (Å²) in [5.41, 5.74) is 1.49. The summed E-state index contributed by atoms with van der Waals surface area (Å²) in [4.78, 5) is 12.3. The van der Waals surface area contributed by atoms with E-state index in [0.717, 1.165) is 5.56 Å². The minimum absolute atomic E-state index is 0.153. The van der Waals surface area contributed by atoms with Crippen molar-refractivity contribution in [3.8, 4) is 11.4 Å². The van der Waals surface area contributed by atoms with Crippen molar-refractivity contribution in [2.75, 3.05) is 0 Å². The normalized spacial score (nSPS) is 10.8. The zero-order valence-corrected chi connectivity index (χ0v) is 16.9.